The molecule has 122 valence electrons. The Morgan fingerprint density at radius 3 is 1.75 bits per heavy atom. The molecule has 0 spiro atoms. The minimum Gasteiger partial charge on any atom is -0.506 e. The van der Waals surface area contributed by atoms with Crippen LogP contribution in [0, 0.1) is 11.6 Å². The minimum absolute atomic E-state index is 0.0964. The van der Waals surface area contributed by atoms with Crippen LogP contribution in [0.4, 0.5) is 25.8 Å². The van der Waals surface area contributed by atoms with Crippen LogP contribution in [-0.4, -0.2) is 10.2 Å². The summed E-state index contributed by atoms with van der Waals surface area (Å²) in [7, 11) is 0. The number of phenolic OH excluding ortho intramolecular Hbond substituents is 2. The van der Waals surface area contributed by atoms with Crippen molar-refractivity contribution in [3.05, 3.63) is 77.3 Å². The van der Waals surface area contributed by atoms with E-state index in [9.17, 15) is 19.0 Å². The Balaban J connectivity index is 2.35. The first-order valence-electron chi connectivity index (χ1n) is 7.00. The molecule has 6 heteroatoms. The summed E-state index contributed by atoms with van der Waals surface area (Å²) in [5.41, 5.74) is -0.302. The zero-order valence-electron chi connectivity index (χ0n) is 12.2. The summed E-state index contributed by atoms with van der Waals surface area (Å²) in [5, 5.41) is 20.0. The van der Waals surface area contributed by atoms with E-state index in [0.717, 1.165) is 17.0 Å². The minimum atomic E-state index is -0.997. The Morgan fingerprint density at radius 1 is 0.750 bits per heavy atom. The number of halogens is 3. The molecule has 0 aliphatic carbocycles. The Hall–Kier alpha value is -2.79. The molecule has 0 unspecified atom stereocenters. The van der Waals surface area contributed by atoms with Gasteiger partial charge in [-0.3, -0.25) is 4.90 Å². The number of rotatable bonds is 3. The molecule has 2 N–H and O–H groups in total. The highest BCUT2D eigenvalue weighted by Crippen LogP contribution is 2.45. The largest absolute Gasteiger partial charge is 0.506 e. The number of phenols is 2. The van der Waals surface area contributed by atoms with Gasteiger partial charge in [-0.25, -0.2) is 8.78 Å². The van der Waals surface area contributed by atoms with Gasteiger partial charge in [-0.15, -0.1) is 0 Å². The van der Waals surface area contributed by atoms with Crippen molar-refractivity contribution >= 4 is 28.7 Å². The average Bonchev–Trinajstić information content (AvgIpc) is 2.57. The Bertz CT molecular complexity index is 856. The monoisotopic (exact) mass is 347 g/mol. The first-order chi connectivity index (χ1) is 11.5. The van der Waals surface area contributed by atoms with Gasteiger partial charge in [0.1, 0.15) is 23.0 Å². The molecule has 0 fully saturated rings. The van der Waals surface area contributed by atoms with Gasteiger partial charge in [0.05, 0.1) is 16.4 Å². The van der Waals surface area contributed by atoms with Gasteiger partial charge in [-0.1, -0.05) is 35.9 Å². The maximum Gasteiger partial charge on any atom is 0.168 e. The first-order valence-corrected chi connectivity index (χ1v) is 7.38. The molecule has 3 nitrogen and oxygen atoms in total. The summed E-state index contributed by atoms with van der Waals surface area (Å²) < 4.78 is 29.0. The third-order valence-electron chi connectivity index (χ3n) is 3.49. The molecule has 0 saturated heterocycles. The number of hydrogen-bond acceptors (Lipinski definition) is 3. The molecular weight excluding hydrogens is 336 g/mol. The van der Waals surface area contributed by atoms with Gasteiger partial charge in [0.2, 0.25) is 0 Å². The molecule has 3 aromatic rings. The number of nitrogens with zero attached hydrogens (tertiary/aromatic N) is 1. The third kappa shape index (κ3) is 2.74. The summed E-state index contributed by atoms with van der Waals surface area (Å²) in [6.45, 7) is 0. The predicted molar refractivity (Wildman–Crippen MR) is 89.4 cm³/mol. The van der Waals surface area contributed by atoms with E-state index >= 15 is 0 Å². The van der Waals surface area contributed by atoms with Crippen LogP contribution in [0.2, 0.25) is 5.02 Å². The van der Waals surface area contributed by atoms with Crippen molar-refractivity contribution in [1.29, 1.82) is 0 Å². The van der Waals surface area contributed by atoms with Crippen LogP contribution in [0.5, 0.6) is 11.5 Å². The summed E-state index contributed by atoms with van der Waals surface area (Å²) in [6.07, 6.45) is 0. The first kappa shape index (κ1) is 16.1. The summed E-state index contributed by atoms with van der Waals surface area (Å²) in [6, 6.07) is 14.2. The van der Waals surface area contributed by atoms with Crippen LogP contribution in [-0.2, 0) is 0 Å². The lowest BCUT2D eigenvalue weighted by molar-refractivity contribution is 0.472. The van der Waals surface area contributed by atoms with E-state index in [1.54, 1.807) is 24.3 Å². The van der Waals surface area contributed by atoms with Gasteiger partial charge >= 0.3 is 0 Å². The quantitative estimate of drug-likeness (QED) is 0.615. The van der Waals surface area contributed by atoms with Crippen molar-refractivity contribution in [2.75, 3.05) is 4.90 Å². The van der Waals surface area contributed by atoms with Crippen LogP contribution in [0.25, 0.3) is 0 Å². The molecule has 0 heterocycles. The second-order valence-electron chi connectivity index (χ2n) is 5.00. The van der Waals surface area contributed by atoms with Crippen molar-refractivity contribution in [3.8, 4) is 11.5 Å². The molecule has 3 rings (SSSR count). The summed E-state index contributed by atoms with van der Waals surface area (Å²) >= 11 is 5.79. The molecule has 0 aromatic heterocycles. The molecular formula is C18H12ClF2NO2. The lowest BCUT2D eigenvalue weighted by Crippen LogP contribution is -2.14. The van der Waals surface area contributed by atoms with Gasteiger partial charge in [-0.2, -0.15) is 0 Å². The highest BCUT2D eigenvalue weighted by molar-refractivity contribution is 6.31. The molecule has 0 aliphatic heterocycles. The fraction of sp³-hybridized carbons (Fsp3) is 0. The molecule has 0 saturated carbocycles. The maximum absolute atomic E-state index is 14.6. The van der Waals surface area contributed by atoms with Crippen molar-refractivity contribution in [2.24, 2.45) is 0 Å². The smallest absolute Gasteiger partial charge is 0.168 e. The lowest BCUT2D eigenvalue weighted by Gasteiger charge is -2.27. The summed E-state index contributed by atoms with van der Waals surface area (Å²) in [5.74, 6) is -2.30. The van der Waals surface area contributed by atoms with Crippen LogP contribution >= 0.6 is 11.6 Å². The van der Waals surface area contributed by atoms with Crippen molar-refractivity contribution in [2.45, 2.75) is 0 Å². The number of anilines is 3. The molecule has 0 bridgehead atoms. The van der Waals surface area contributed by atoms with E-state index in [4.69, 9.17) is 11.6 Å². The summed E-state index contributed by atoms with van der Waals surface area (Å²) in [4.78, 5) is 1.08. The lowest BCUT2D eigenvalue weighted by atomic mass is 10.1. The number of para-hydroxylation sites is 4. The Morgan fingerprint density at radius 2 is 1.25 bits per heavy atom. The van der Waals surface area contributed by atoms with Crippen LogP contribution in [0.15, 0.2) is 60.7 Å². The fourth-order valence-corrected chi connectivity index (χ4v) is 2.55. The molecule has 3 aromatic carbocycles. The molecule has 24 heavy (non-hydrogen) atoms. The predicted octanol–water partition coefficient (Wildman–Crippen LogP) is 5.50. The Labute approximate surface area is 142 Å². The van der Waals surface area contributed by atoms with Crippen molar-refractivity contribution in [3.63, 3.8) is 0 Å². The normalized spacial score (nSPS) is 10.6. The maximum atomic E-state index is 14.6. The van der Waals surface area contributed by atoms with Crippen LogP contribution in [0.1, 0.15) is 0 Å². The highest BCUT2D eigenvalue weighted by Gasteiger charge is 2.25. The highest BCUT2D eigenvalue weighted by atomic mass is 35.5. The molecule has 0 aliphatic rings. The third-order valence-corrected chi connectivity index (χ3v) is 3.78. The van der Waals surface area contributed by atoms with E-state index in [2.05, 4.69) is 0 Å². The van der Waals surface area contributed by atoms with Gasteiger partial charge in [0, 0.05) is 0 Å². The molecule has 0 amide bonds. The van der Waals surface area contributed by atoms with E-state index < -0.39 is 17.3 Å². The van der Waals surface area contributed by atoms with E-state index in [1.807, 2.05) is 0 Å². The number of hydrogen-bond donors (Lipinski definition) is 2. The second-order valence-corrected chi connectivity index (χ2v) is 5.41. The average molecular weight is 348 g/mol. The van der Waals surface area contributed by atoms with Gasteiger partial charge in [0.15, 0.2) is 5.82 Å². The van der Waals surface area contributed by atoms with Gasteiger partial charge in [-0.05, 0) is 36.4 Å². The SMILES string of the molecule is Oc1ccccc1N(c1ccccc1O)c1c(F)ccc(Cl)c1F. The van der Waals surface area contributed by atoms with E-state index in [0.29, 0.717) is 0 Å². The van der Waals surface area contributed by atoms with Gasteiger partial charge in [0.25, 0.3) is 0 Å². The topological polar surface area (TPSA) is 43.7 Å². The number of benzene rings is 3. The second kappa shape index (κ2) is 6.37. The zero-order chi connectivity index (χ0) is 17.3. The van der Waals surface area contributed by atoms with E-state index in [-0.39, 0.29) is 27.9 Å². The molecule has 0 atom stereocenters. The van der Waals surface area contributed by atoms with Crippen LogP contribution < -0.4 is 4.90 Å². The van der Waals surface area contributed by atoms with Gasteiger partial charge < -0.3 is 10.2 Å². The zero-order valence-corrected chi connectivity index (χ0v) is 13.0. The van der Waals surface area contributed by atoms with E-state index in [1.165, 1.54) is 24.3 Å². The van der Waals surface area contributed by atoms with Crippen molar-refractivity contribution < 1.29 is 19.0 Å². The fourth-order valence-electron chi connectivity index (χ4n) is 2.40. The van der Waals surface area contributed by atoms with Crippen molar-refractivity contribution in [1.82, 2.24) is 0 Å². The Kier molecular flexibility index (Phi) is 4.27. The molecule has 0 radical (unpaired) electrons. The van der Waals surface area contributed by atoms with Crippen LogP contribution in [0.3, 0.4) is 0 Å². The standard InChI is InChI=1S/C18H12ClF2NO2/c19-11-9-10-12(20)18(17(11)21)22(13-5-1-3-7-15(13)23)14-6-2-4-8-16(14)24/h1-10,23-24H. The number of aromatic hydroxyl groups is 2.